The summed E-state index contributed by atoms with van der Waals surface area (Å²) < 4.78 is 17.2. The summed E-state index contributed by atoms with van der Waals surface area (Å²) in [5.74, 6) is 1.60. The zero-order chi connectivity index (χ0) is 24.2. The number of anilines is 2. The molecule has 0 saturated carbocycles. The summed E-state index contributed by atoms with van der Waals surface area (Å²) in [6.07, 6.45) is 5.04. The first-order chi connectivity index (χ1) is 16.5. The maximum absolute atomic E-state index is 9.74. The molecule has 0 spiro atoms. The zero-order valence-electron chi connectivity index (χ0n) is 19.3. The number of hydrogen-bond acceptors (Lipinski definition) is 7. The van der Waals surface area contributed by atoms with Gasteiger partial charge < -0.3 is 24.4 Å². The summed E-state index contributed by atoms with van der Waals surface area (Å²) >= 11 is 12.6. The van der Waals surface area contributed by atoms with E-state index < -0.39 is 0 Å². The molecule has 7 nitrogen and oxygen atoms in total. The van der Waals surface area contributed by atoms with E-state index in [1.54, 1.807) is 19.2 Å². The van der Waals surface area contributed by atoms with Crippen LogP contribution in [-0.2, 0) is 0 Å². The van der Waals surface area contributed by atoms with Gasteiger partial charge in [0.05, 0.1) is 41.2 Å². The van der Waals surface area contributed by atoms with Crippen LogP contribution >= 0.6 is 23.2 Å². The molecule has 2 aromatic carbocycles. The van der Waals surface area contributed by atoms with Gasteiger partial charge in [-0.1, -0.05) is 29.6 Å². The van der Waals surface area contributed by atoms with Crippen LogP contribution in [0.2, 0.25) is 10.0 Å². The first kappa shape index (κ1) is 24.2. The molecule has 4 rings (SSSR count). The summed E-state index contributed by atoms with van der Waals surface area (Å²) in [6, 6.07) is 9.55. The molecule has 0 amide bonds. The Labute approximate surface area is 209 Å². The van der Waals surface area contributed by atoms with E-state index in [0.29, 0.717) is 67.8 Å². The number of nitrogens with one attached hydrogen (secondary N) is 1. The van der Waals surface area contributed by atoms with Crippen LogP contribution in [0.4, 0.5) is 11.4 Å². The highest BCUT2D eigenvalue weighted by atomic mass is 35.5. The number of aromatic nitrogens is 1. The zero-order valence-corrected chi connectivity index (χ0v) is 20.8. The van der Waals surface area contributed by atoms with E-state index in [2.05, 4.69) is 28.3 Å². The summed E-state index contributed by atoms with van der Waals surface area (Å²) in [6.45, 7) is 1.65. The number of piperidine rings is 1. The topological polar surface area (TPSA) is 79.6 Å². The number of methoxy groups -OCH3 is 2. The van der Waals surface area contributed by atoms with Gasteiger partial charge in [-0.05, 0) is 44.6 Å². The Morgan fingerprint density at radius 2 is 1.97 bits per heavy atom. The first-order valence-electron chi connectivity index (χ1n) is 11.0. The van der Waals surface area contributed by atoms with Crippen LogP contribution in [0.25, 0.3) is 10.9 Å². The number of ether oxygens (including phenoxy) is 3. The highest BCUT2D eigenvalue weighted by molar-refractivity contribution is 6.37. The normalized spacial score (nSPS) is 16.2. The van der Waals surface area contributed by atoms with E-state index in [1.165, 1.54) is 26.1 Å². The molecular weight excluding hydrogens is 475 g/mol. The number of fused-ring (bicyclic) bond motifs is 1. The molecule has 178 valence electrons. The molecular formula is C25H26Cl2N4O3. The van der Waals surface area contributed by atoms with Crippen LogP contribution in [0.15, 0.2) is 30.5 Å². The molecule has 1 aromatic heterocycles. The van der Waals surface area contributed by atoms with Crippen LogP contribution in [0, 0.1) is 11.3 Å². The summed E-state index contributed by atoms with van der Waals surface area (Å²) in [7, 11) is 5.24. The van der Waals surface area contributed by atoms with E-state index in [0.717, 1.165) is 13.0 Å². The van der Waals surface area contributed by atoms with Crippen molar-refractivity contribution in [1.82, 2.24) is 9.88 Å². The van der Waals surface area contributed by atoms with Crippen molar-refractivity contribution in [3.8, 4) is 23.3 Å². The van der Waals surface area contributed by atoms with E-state index in [4.69, 9.17) is 37.4 Å². The predicted molar refractivity (Wildman–Crippen MR) is 135 cm³/mol. The number of likely N-dealkylation sites (tertiary alicyclic amines) is 1. The van der Waals surface area contributed by atoms with Crippen LogP contribution < -0.4 is 19.5 Å². The van der Waals surface area contributed by atoms with Crippen molar-refractivity contribution in [2.75, 3.05) is 39.7 Å². The summed E-state index contributed by atoms with van der Waals surface area (Å²) in [5, 5.41) is 14.5. The van der Waals surface area contributed by atoms with E-state index in [1.807, 2.05) is 12.1 Å². The van der Waals surface area contributed by atoms with Gasteiger partial charge in [0, 0.05) is 23.7 Å². The largest absolute Gasteiger partial charge is 0.495 e. The molecule has 1 unspecified atom stereocenters. The smallest absolute Gasteiger partial charge is 0.187 e. The molecule has 1 aliphatic heterocycles. The first-order valence-corrected chi connectivity index (χ1v) is 11.7. The minimum Gasteiger partial charge on any atom is -0.495 e. The summed E-state index contributed by atoms with van der Waals surface area (Å²) in [4.78, 5) is 6.84. The van der Waals surface area contributed by atoms with Gasteiger partial charge in [0.15, 0.2) is 11.5 Å². The number of halogens is 2. The van der Waals surface area contributed by atoms with Crippen molar-refractivity contribution in [3.63, 3.8) is 0 Å². The van der Waals surface area contributed by atoms with Gasteiger partial charge in [-0.15, -0.1) is 0 Å². The Hall–Kier alpha value is -2.92. The van der Waals surface area contributed by atoms with E-state index in [-0.39, 0.29) is 0 Å². The molecule has 1 saturated heterocycles. The van der Waals surface area contributed by atoms with Crippen molar-refractivity contribution in [3.05, 3.63) is 46.1 Å². The highest BCUT2D eigenvalue weighted by Gasteiger charge is 2.22. The third-order valence-electron chi connectivity index (χ3n) is 6.14. The van der Waals surface area contributed by atoms with Gasteiger partial charge >= 0.3 is 0 Å². The number of benzene rings is 2. The Morgan fingerprint density at radius 1 is 1.15 bits per heavy atom. The maximum atomic E-state index is 9.74. The van der Waals surface area contributed by atoms with Gasteiger partial charge in [0.1, 0.15) is 23.9 Å². The molecule has 1 aliphatic rings. The van der Waals surface area contributed by atoms with Crippen molar-refractivity contribution in [2.45, 2.75) is 25.3 Å². The molecule has 9 heteroatoms. The van der Waals surface area contributed by atoms with Gasteiger partial charge in [-0.3, -0.25) is 4.98 Å². The number of pyridine rings is 1. The second-order valence-corrected chi connectivity index (χ2v) is 9.00. The number of hydrogen-bond donors (Lipinski definition) is 1. The summed E-state index contributed by atoms with van der Waals surface area (Å²) in [5.41, 5.74) is 2.04. The fourth-order valence-electron chi connectivity index (χ4n) is 4.21. The van der Waals surface area contributed by atoms with Crippen LogP contribution in [0.3, 0.4) is 0 Å². The average molecular weight is 501 g/mol. The Bertz CT molecular complexity index is 1250. The lowest BCUT2D eigenvalue weighted by molar-refractivity contribution is 0.123. The van der Waals surface area contributed by atoms with Crippen molar-refractivity contribution >= 4 is 45.5 Å². The standard InChI is InChI=1S/C25H26Cl2N4O3/c1-31-9-5-4-6-16(31)14-34-21-8-7-17-23(15(12-28)13-29-24(17)25(21)33-3)30-20-11-22(32-2)19(27)10-18(20)26/h7-8,10-11,13,16H,4-6,9,14H2,1-3H3,(H,29,30). The van der Waals surface area contributed by atoms with Gasteiger partial charge in [0.25, 0.3) is 0 Å². The average Bonchev–Trinajstić information content (AvgIpc) is 2.84. The van der Waals surface area contributed by atoms with Crippen LogP contribution in [0.1, 0.15) is 24.8 Å². The Balaban J connectivity index is 1.72. The van der Waals surface area contributed by atoms with Gasteiger partial charge in [0.2, 0.25) is 0 Å². The number of likely N-dealkylation sites (N-methyl/N-ethyl adjacent to an activating group) is 1. The Kier molecular flexibility index (Phi) is 7.52. The molecule has 2 heterocycles. The minimum atomic E-state index is 0.358. The van der Waals surface area contributed by atoms with Crippen LogP contribution in [-0.4, -0.2) is 50.3 Å². The molecule has 1 N–H and O–H groups in total. The second kappa shape index (κ2) is 10.6. The lowest BCUT2D eigenvalue weighted by atomic mass is 10.0. The quantitative estimate of drug-likeness (QED) is 0.423. The maximum Gasteiger partial charge on any atom is 0.187 e. The number of rotatable bonds is 7. The fourth-order valence-corrected chi connectivity index (χ4v) is 4.72. The molecule has 0 radical (unpaired) electrons. The molecule has 1 fully saturated rings. The molecule has 0 bridgehead atoms. The van der Waals surface area contributed by atoms with Gasteiger partial charge in [-0.25, -0.2) is 0 Å². The predicted octanol–water partition coefficient (Wildman–Crippen LogP) is 6.04. The molecule has 1 atom stereocenters. The highest BCUT2D eigenvalue weighted by Crippen LogP contribution is 2.41. The Morgan fingerprint density at radius 3 is 2.68 bits per heavy atom. The van der Waals surface area contributed by atoms with Crippen molar-refractivity contribution < 1.29 is 14.2 Å². The number of nitrogens with zero attached hydrogens (tertiary/aromatic N) is 3. The van der Waals surface area contributed by atoms with E-state index in [9.17, 15) is 5.26 Å². The lowest BCUT2D eigenvalue weighted by Gasteiger charge is -2.32. The third kappa shape index (κ3) is 4.80. The van der Waals surface area contributed by atoms with Crippen molar-refractivity contribution in [2.24, 2.45) is 0 Å². The van der Waals surface area contributed by atoms with E-state index >= 15 is 0 Å². The monoisotopic (exact) mass is 500 g/mol. The third-order valence-corrected chi connectivity index (χ3v) is 6.74. The van der Waals surface area contributed by atoms with Gasteiger partial charge in [-0.2, -0.15) is 5.26 Å². The van der Waals surface area contributed by atoms with Crippen molar-refractivity contribution in [1.29, 1.82) is 5.26 Å². The molecule has 3 aromatic rings. The number of nitriles is 1. The molecule has 34 heavy (non-hydrogen) atoms. The second-order valence-electron chi connectivity index (χ2n) is 8.18. The SMILES string of the molecule is COc1cc(Nc2c(C#N)cnc3c(OC)c(OCC4CCCCN4C)ccc23)c(Cl)cc1Cl. The fraction of sp³-hybridized carbons (Fsp3) is 0.360. The van der Waals surface area contributed by atoms with Crippen LogP contribution in [0.5, 0.6) is 17.2 Å². The lowest BCUT2D eigenvalue weighted by Crippen LogP contribution is -2.40. The molecule has 0 aliphatic carbocycles. The minimum absolute atomic E-state index is 0.358.